The summed E-state index contributed by atoms with van der Waals surface area (Å²) in [5.41, 5.74) is 0.845. The minimum absolute atomic E-state index is 0.00935. The second-order valence-electron chi connectivity index (χ2n) is 11.8. The molecule has 0 aliphatic heterocycles. The number of aromatic nitrogens is 6. The van der Waals surface area contributed by atoms with Crippen LogP contribution >= 0.6 is 11.6 Å². The van der Waals surface area contributed by atoms with Gasteiger partial charge in [-0.3, -0.25) is 4.79 Å². The maximum absolute atomic E-state index is 15.1. The molecule has 13 heteroatoms. The van der Waals surface area contributed by atoms with Crippen LogP contribution in [0.4, 0.5) is 10.2 Å². The number of carbonyl (C=O) groups excluding carboxylic acids is 1. The third-order valence-corrected chi connectivity index (χ3v) is 9.46. The van der Waals surface area contributed by atoms with E-state index in [1.54, 1.807) is 10.7 Å². The van der Waals surface area contributed by atoms with Gasteiger partial charge in [-0.05, 0) is 43.2 Å². The normalized spacial score (nSPS) is 21.5. The van der Waals surface area contributed by atoms with Crippen LogP contribution in [-0.4, -0.2) is 63.7 Å². The number of fused-ring (bicyclic) bond motifs is 1. The molecule has 3 aromatic rings. The van der Waals surface area contributed by atoms with Gasteiger partial charge in [-0.1, -0.05) is 51.5 Å². The number of nitrogens with zero attached hydrogens (tertiary/aromatic N) is 6. The van der Waals surface area contributed by atoms with E-state index in [2.05, 4.69) is 64.1 Å². The van der Waals surface area contributed by atoms with Gasteiger partial charge < -0.3 is 14.8 Å². The van der Waals surface area contributed by atoms with E-state index >= 15 is 4.39 Å². The number of esters is 1. The summed E-state index contributed by atoms with van der Waals surface area (Å²) in [4.78, 5) is 21.6. The molecule has 0 saturated heterocycles. The fourth-order valence-electron chi connectivity index (χ4n) is 5.36. The van der Waals surface area contributed by atoms with Crippen molar-refractivity contribution in [1.29, 1.82) is 0 Å². The van der Waals surface area contributed by atoms with Crippen molar-refractivity contribution in [3.8, 4) is 11.5 Å². The van der Waals surface area contributed by atoms with Crippen molar-refractivity contribution in [3.05, 3.63) is 23.2 Å². The van der Waals surface area contributed by atoms with Crippen LogP contribution in [0, 0.1) is 23.6 Å². The van der Waals surface area contributed by atoms with Gasteiger partial charge in [0.2, 0.25) is 0 Å². The standard InChI is InChI=1S/C27H39ClFN7O3Si/c1-7-8-17-10-9-16(2)22(21(17)27(37)38-3)31-24-19(29)14-30-25(32-24)23-18-13-20(28)33-34-26(18)36(35-23)15-39-11-12-40(4,5)6/h13-14,16-17,21-22H,7-12,15H2,1-6H3,(H,30,31,32)/t16-,17+,21+,22+/m1/s1. The molecule has 4 rings (SSSR count). The fourth-order valence-corrected chi connectivity index (χ4v) is 6.26. The number of hydrogen-bond acceptors (Lipinski definition) is 9. The number of hydrogen-bond donors (Lipinski definition) is 1. The minimum Gasteiger partial charge on any atom is -0.469 e. The van der Waals surface area contributed by atoms with Crippen molar-refractivity contribution >= 4 is 42.5 Å². The van der Waals surface area contributed by atoms with Crippen LogP contribution in [-0.2, 0) is 21.0 Å². The number of nitrogens with one attached hydrogen (secondary N) is 1. The lowest BCUT2D eigenvalue weighted by atomic mass is 9.69. The number of anilines is 1. The molecule has 4 atom stereocenters. The fraction of sp³-hybridized carbons (Fsp3) is 0.630. The van der Waals surface area contributed by atoms with Crippen LogP contribution in [0.5, 0.6) is 0 Å². The maximum Gasteiger partial charge on any atom is 0.311 e. The Morgan fingerprint density at radius 3 is 2.75 bits per heavy atom. The molecule has 1 aliphatic carbocycles. The van der Waals surface area contributed by atoms with Gasteiger partial charge in [-0.2, -0.15) is 5.10 Å². The molecule has 1 aliphatic rings. The van der Waals surface area contributed by atoms with Crippen molar-refractivity contribution in [1.82, 2.24) is 29.9 Å². The first-order valence-corrected chi connectivity index (χ1v) is 18.0. The Kier molecular flexibility index (Phi) is 9.73. The molecule has 40 heavy (non-hydrogen) atoms. The van der Waals surface area contributed by atoms with Crippen LogP contribution in [0.3, 0.4) is 0 Å². The van der Waals surface area contributed by atoms with Crippen LogP contribution in [0.25, 0.3) is 22.6 Å². The first-order chi connectivity index (χ1) is 19.0. The summed E-state index contributed by atoms with van der Waals surface area (Å²) >= 11 is 6.17. The summed E-state index contributed by atoms with van der Waals surface area (Å²) in [6.45, 7) is 11.8. The highest BCUT2D eigenvalue weighted by molar-refractivity contribution is 6.76. The molecule has 1 fully saturated rings. The van der Waals surface area contributed by atoms with E-state index in [0.29, 0.717) is 23.3 Å². The summed E-state index contributed by atoms with van der Waals surface area (Å²) < 4.78 is 27.8. The zero-order valence-corrected chi connectivity index (χ0v) is 25.8. The van der Waals surface area contributed by atoms with E-state index in [1.165, 1.54) is 7.11 Å². The maximum atomic E-state index is 15.1. The monoisotopic (exact) mass is 591 g/mol. The number of carbonyl (C=O) groups is 1. The van der Waals surface area contributed by atoms with E-state index in [1.807, 2.05) is 0 Å². The molecule has 218 valence electrons. The molecule has 0 amide bonds. The predicted octanol–water partition coefficient (Wildman–Crippen LogP) is 5.80. The third kappa shape index (κ3) is 6.95. The highest BCUT2D eigenvalue weighted by atomic mass is 35.5. The summed E-state index contributed by atoms with van der Waals surface area (Å²) in [5.74, 6) is -0.849. The Labute approximate surface area is 240 Å². The molecule has 0 bridgehead atoms. The summed E-state index contributed by atoms with van der Waals surface area (Å²) in [6, 6.07) is 2.30. The molecule has 0 spiro atoms. The zero-order chi connectivity index (χ0) is 29.0. The first kappa shape index (κ1) is 30.3. The number of rotatable bonds is 11. The Morgan fingerprint density at radius 2 is 2.05 bits per heavy atom. The Balaban J connectivity index is 1.66. The van der Waals surface area contributed by atoms with Crippen molar-refractivity contribution in [2.75, 3.05) is 19.0 Å². The van der Waals surface area contributed by atoms with Gasteiger partial charge in [0.05, 0.1) is 24.6 Å². The molecule has 0 aromatic carbocycles. The molecule has 3 heterocycles. The molecular formula is C27H39ClFN7O3Si. The second kappa shape index (κ2) is 12.9. The van der Waals surface area contributed by atoms with E-state index in [4.69, 9.17) is 21.1 Å². The molecule has 1 saturated carbocycles. The van der Waals surface area contributed by atoms with Gasteiger partial charge in [-0.25, -0.2) is 19.0 Å². The zero-order valence-electron chi connectivity index (χ0n) is 24.1. The van der Waals surface area contributed by atoms with Crippen molar-refractivity contribution < 1.29 is 18.7 Å². The average Bonchev–Trinajstić information content (AvgIpc) is 3.26. The summed E-state index contributed by atoms with van der Waals surface area (Å²) in [5, 5.41) is 16.8. The average molecular weight is 592 g/mol. The SMILES string of the molecule is CCC[C@H]1CC[C@@H](C)[C@H](Nc2nc(-c3nn(COCC[Si](C)(C)C)c4nnc(Cl)cc34)ncc2F)[C@H]1C(=O)OC. The van der Waals surface area contributed by atoms with Crippen molar-refractivity contribution in [2.24, 2.45) is 17.8 Å². The van der Waals surface area contributed by atoms with Crippen LogP contribution < -0.4 is 5.32 Å². The van der Waals surface area contributed by atoms with E-state index in [0.717, 1.165) is 37.9 Å². The molecular weight excluding hydrogens is 553 g/mol. The molecule has 0 unspecified atom stereocenters. The molecule has 3 aromatic heterocycles. The lowest BCUT2D eigenvalue weighted by Gasteiger charge is -2.41. The number of halogens is 2. The van der Waals surface area contributed by atoms with Crippen molar-refractivity contribution in [2.45, 2.75) is 78.0 Å². The van der Waals surface area contributed by atoms with Gasteiger partial charge in [0.25, 0.3) is 0 Å². The van der Waals surface area contributed by atoms with Crippen LogP contribution in [0.2, 0.25) is 30.8 Å². The van der Waals surface area contributed by atoms with Crippen molar-refractivity contribution in [3.63, 3.8) is 0 Å². The van der Waals surface area contributed by atoms with Crippen LogP contribution in [0.1, 0.15) is 39.5 Å². The first-order valence-electron chi connectivity index (χ1n) is 13.9. The Bertz CT molecular complexity index is 1340. The highest BCUT2D eigenvalue weighted by Crippen LogP contribution is 2.39. The number of ether oxygens (including phenoxy) is 2. The van der Waals surface area contributed by atoms with Crippen LogP contribution in [0.15, 0.2) is 12.3 Å². The Hall–Kier alpha value is -2.70. The lowest BCUT2D eigenvalue weighted by molar-refractivity contribution is -0.150. The van der Waals surface area contributed by atoms with E-state index in [9.17, 15) is 4.79 Å². The lowest BCUT2D eigenvalue weighted by Crippen LogP contribution is -2.47. The second-order valence-corrected chi connectivity index (χ2v) is 17.8. The summed E-state index contributed by atoms with van der Waals surface area (Å²) in [6.07, 6.45) is 4.80. The molecule has 1 N–H and O–H groups in total. The predicted molar refractivity (Wildman–Crippen MR) is 155 cm³/mol. The van der Waals surface area contributed by atoms with E-state index in [-0.39, 0.29) is 47.4 Å². The van der Waals surface area contributed by atoms with Gasteiger partial charge in [0.1, 0.15) is 12.4 Å². The minimum atomic E-state index is -1.25. The quantitative estimate of drug-likeness (QED) is 0.167. The third-order valence-electron chi connectivity index (χ3n) is 7.57. The number of methoxy groups -OCH3 is 1. The summed E-state index contributed by atoms with van der Waals surface area (Å²) in [7, 11) is 0.143. The van der Waals surface area contributed by atoms with E-state index < -0.39 is 19.8 Å². The molecule has 10 nitrogen and oxygen atoms in total. The molecule has 0 radical (unpaired) electrons. The Morgan fingerprint density at radius 1 is 1.27 bits per heavy atom. The highest BCUT2D eigenvalue weighted by Gasteiger charge is 2.42. The largest absolute Gasteiger partial charge is 0.469 e. The van der Waals surface area contributed by atoms with Gasteiger partial charge >= 0.3 is 5.97 Å². The van der Waals surface area contributed by atoms with Gasteiger partial charge in [-0.15, -0.1) is 10.2 Å². The van der Waals surface area contributed by atoms with Gasteiger partial charge in [0, 0.05) is 20.7 Å². The topological polar surface area (TPSA) is 117 Å². The van der Waals surface area contributed by atoms with Gasteiger partial charge in [0.15, 0.2) is 28.3 Å². The smallest absolute Gasteiger partial charge is 0.311 e.